The lowest BCUT2D eigenvalue weighted by Crippen LogP contribution is -2.15. The normalized spacial score (nSPS) is 10.9. The Kier molecular flexibility index (Phi) is 6.19. The van der Waals surface area contributed by atoms with Crippen molar-refractivity contribution in [3.8, 4) is 22.0 Å². The fourth-order valence-corrected chi connectivity index (χ4v) is 5.04. The number of benzene rings is 4. The first-order chi connectivity index (χ1) is 18.3. The van der Waals surface area contributed by atoms with Gasteiger partial charge < -0.3 is 10.1 Å². The molecule has 0 saturated carbocycles. The quantitative estimate of drug-likeness (QED) is 0.256. The van der Waals surface area contributed by atoms with Crippen molar-refractivity contribution in [2.75, 3.05) is 5.32 Å². The van der Waals surface area contributed by atoms with Crippen LogP contribution in [0.4, 0.5) is 5.82 Å². The number of ether oxygens (including phenoxy) is 1. The molecule has 1 amide bonds. The summed E-state index contributed by atoms with van der Waals surface area (Å²) < 4.78 is 8.86. The molecule has 0 bridgehead atoms. The molecule has 0 aliphatic heterocycles. The fourth-order valence-electron chi connectivity index (χ4n) is 4.11. The van der Waals surface area contributed by atoms with Gasteiger partial charge in [-0.05, 0) is 42.0 Å². The second-order valence-electron chi connectivity index (χ2n) is 8.33. The largest absolute Gasteiger partial charge is 0.487 e. The minimum Gasteiger partial charge on any atom is -0.487 e. The number of nitrogens with one attached hydrogen (secondary N) is 1. The van der Waals surface area contributed by atoms with Crippen molar-refractivity contribution >= 4 is 33.3 Å². The highest BCUT2D eigenvalue weighted by Gasteiger charge is 2.24. The molecule has 6 rings (SSSR count). The van der Waals surface area contributed by atoms with Crippen LogP contribution >= 0.6 is 11.3 Å². The van der Waals surface area contributed by atoms with E-state index in [0.717, 1.165) is 27.1 Å². The van der Waals surface area contributed by atoms with E-state index < -0.39 is 0 Å². The maximum absolute atomic E-state index is 13.3. The van der Waals surface area contributed by atoms with Crippen molar-refractivity contribution in [1.82, 2.24) is 14.8 Å². The lowest BCUT2D eigenvalue weighted by atomic mass is 10.1. The molecule has 2 aromatic heterocycles. The molecule has 0 aliphatic carbocycles. The number of rotatable bonds is 7. The lowest BCUT2D eigenvalue weighted by molar-refractivity contribution is 0.102. The molecule has 6 aromatic rings. The summed E-state index contributed by atoms with van der Waals surface area (Å²) in [6.07, 6.45) is 0. The summed E-state index contributed by atoms with van der Waals surface area (Å²) in [6.45, 7) is 0.223. The standard InChI is InChI=1S/C30H22N4O2S/c35-29(22-14-6-2-7-15-22)32-28-27(21-12-4-1-5-13-21)25(20-36-23-16-8-3-9-17-23)33-34(28)30-31-24-18-10-11-19-26(24)37-30/h1-19H,20H2,(H,32,35). The summed E-state index contributed by atoms with van der Waals surface area (Å²) >= 11 is 1.52. The van der Waals surface area contributed by atoms with E-state index in [1.165, 1.54) is 11.3 Å². The zero-order chi connectivity index (χ0) is 25.0. The van der Waals surface area contributed by atoms with Gasteiger partial charge in [0.15, 0.2) is 0 Å². The molecular weight excluding hydrogens is 480 g/mol. The Balaban J connectivity index is 1.51. The van der Waals surface area contributed by atoms with Crippen LogP contribution in [0.5, 0.6) is 5.75 Å². The Morgan fingerprint density at radius 1 is 0.811 bits per heavy atom. The van der Waals surface area contributed by atoms with Gasteiger partial charge >= 0.3 is 0 Å². The fraction of sp³-hybridized carbons (Fsp3) is 0.0333. The van der Waals surface area contributed by atoms with E-state index in [4.69, 9.17) is 14.8 Å². The van der Waals surface area contributed by atoms with E-state index in [1.807, 2.05) is 103 Å². The van der Waals surface area contributed by atoms with Gasteiger partial charge in [-0.2, -0.15) is 9.78 Å². The van der Waals surface area contributed by atoms with Gasteiger partial charge in [0.05, 0.1) is 15.8 Å². The summed E-state index contributed by atoms with van der Waals surface area (Å²) in [6, 6.07) is 36.6. The van der Waals surface area contributed by atoms with Crippen LogP contribution in [0.3, 0.4) is 0 Å². The van der Waals surface area contributed by atoms with Crippen molar-refractivity contribution in [3.63, 3.8) is 0 Å². The summed E-state index contributed by atoms with van der Waals surface area (Å²) in [5.74, 6) is 1.06. The number of carbonyl (C=O) groups is 1. The molecule has 0 fully saturated rings. The number of hydrogen-bond acceptors (Lipinski definition) is 5. The third kappa shape index (κ3) is 4.72. The molecule has 7 heteroatoms. The first-order valence-electron chi connectivity index (χ1n) is 11.8. The highest BCUT2D eigenvalue weighted by atomic mass is 32.1. The molecule has 0 radical (unpaired) electrons. The van der Waals surface area contributed by atoms with Gasteiger partial charge in [0, 0.05) is 5.56 Å². The van der Waals surface area contributed by atoms with Crippen LogP contribution in [0, 0.1) is 0 Å². The Morgan fingerprint density at radius 3 is 2.19 bits per heavy atom. The number of aromatic nitrogens is 3. The first-order valence-corrected chi connectivity index (χ1v) is 12.7. The van der Waals surface area contributed by atoms with E-state index in [1.54, 1.807) is 16.8 Å². The SMILES string of the molecule is O=C(Nc1c(-c2ccccc2)c(COc2ccccc2)nn1-c1nc2ccccc2s1)c1ccccc1. The van der Waals surface area contributed by atoms with Gasteiger partial charge in [-0.3, -0.25) is 4.79 Å². The number of anilines is 1. The third-order valence-electron chi connectivity index (χ3n) is 5.87. The van der Waals surface area contributed by atoms with Crippen molar-refractivity contribution in [2.24, 2.45) is 0 Å². The highest BCUT2D eigenvalue weighted by Crippen LogP contribution is 2.36. The van der Waals surface area contributed by atoms with Crippen LogP contribution in [0.25, 0.3) is 26.5 Å². The molecule has 0 saturated heterocycles. The predicted octanol–water partition coefficient (Wildman–Crippen LogP) is 6.98. The molecule has 0 aliphatic rings. The maximum atomic E-state index is 13.3. The van der Waals surface area contributed by atoms with Crippen LogP contribution < -0.4 is 10.1 Å². The van der Waals surface area contributed by atoms with Crippen LogP contribution in [0.2, 0.25) is 0 Å². The van der Waals surface area contributed by atoms with Gasteiger partial charge in [-0.25, -0.2) is 4.98 Å². The van der Waals surface area contributed by atoms with Gasteiger partial charge in [0.2, 0.25) is 5.13 Å². The van der Waals surface area contributed by atoms with Gasteiger partial charge in [0.1, 0.15) is 23.9 Å². The lowest BCUT2D eigenvalue weighted by Gasteiger charge is -2.11. The summed E-state index contributed by atoms with van der Waals surface area (Å²) in [5, 5.41) is 8.73. The van der Waals surface area contributed by atoms with Crippen molar-refractivity contribution in [3.05, 3.63) is 127 Å². The predicted molar refractivity (Wildman–Crippen MR) is 147 cm³/mol. The minimum atomic E-state index is -0.226. The molecule has 1 N–H and O–H groups in total. The van der Waals surface area contributed by atoms with Crippen LogP contribution in [0.1, 0.15) is 16.1 Å². The second-order valence-corrected chi connectivity index (χ2v) is 9.34. The minimum absolute atomic E-state index is 0.223. The molecule has 0 atom stereocenters. The Hall–Kier alpha value is -4.75. The smallest absolute Gasteiger partial charge is 0.256 e. The number of para-hydroxylation sites is 2. The van der Waals surface area contributed by atoms with E-state index in [-0.39, 0.29) is 12.5 Å². The van der Waals surface area contributed by atoms with Crippen molar-refractivity contribution < 1.29 is 9.53 Å². The summed E-state index contributed by atoms with van der Waals surface area (Å²) in [7, 11) is 0. The maximum Gasteiger partial charge on any atom is 0.256 e. The van der Waals surface area contributed by atoms with Gasteiger partial charge in [-0.15, -0.1) is 0 Å². The van der Waals surface area contributed by atoms with E-state index in [2.05, 4.69) is 5.32 Å². The van der Waals surface area contributed by atoms with E-state index >= 15 is 0 Å². The number of carbonyl (C=O) groups excluding carboxylic acids is 1. The Bertz CT molecular complexity index is 1630. The number of fused-ring (bicyclic) bond motifs is 1. The second kappa shape index (κ2) is 10.1. The molecule has 37 heavy (non-hydrogen) atoms. The number of amides is 1. The number of nitrogens with zero attached hydrogens (tertiary/aromatic N) is 3. The molecule has 6 nitrogen and oxygen atoms in total. The monoisotopic (exact) mass is 502 g/mol. The Labute approximate surface area is 217 Å². The molecule has 180 valence electrons. The zero-order valence-corrected chi connectivity index (χ0v) is 20.6. The van der Waals surface area contributed by atoms with Crippen molar-refractivity contribution in [2.45, 2.75) is 6.61 Å². The molecule has 2 heterocycles. The molecule has 4 aromatic carbocycles. The third-order valence-corrected chi connectivity index (χ3v) is 6.88. The van der Waals surface area contributed by atoms with E-state index in [0.29, 0.717) is 22.2 Å². The molecule has 0 spiro atoms. The average Bonchev–Trinajstić information content (AvgIpc) is 3.55. The topological polar surface area (TPSA) is 69.0 Å². The van der Waals surface area contributed by atoms with Crippen LogP contribution in [-0.4, -0.2) is 20.7 Å². The van der Waals surface area contributed by atoms with E-state index in [9.17, 15) is 4.79 Å². The van der Waals surface area contributed by atoms with Crippen molar-refractivity contribution in [1.29, 1.82) is 0 Å². The molecular formula is C30H22N4O2S. The summed E-state index contributed by atoms with van der Waals surface area (Å²) in [5.41, 5.74) is 3.84. The van der Waals surface area contributed by atoms with Crippen LogP contribution in [0.15, 0.2) is 115 Å². The number of thiazole rings is 1. The first kappa shape index (κ1) is 22.7. The summed E-state index contributed by atoms with van der Waals surface area (Å²) in [4.78, 5) is 18.2. The van der Waals surface area contributed by atoms with Crippen LogP contribution in [-0.2, 0) is 6.61 Å². The van der Waals surface area contributed by atoms with Gasteiger partial charge in [-0.1, -0.05) is 90.2 Å². The average molecular weight is 503 g/mol. The van der Waals surface area contributed by atoms with Gasteiger partial charge in [0.25, 0.3) is 5.91 Å². The number of hydrogen-bond donors (Lipinski definition) is 1. The zero-order valence-electron chi connectivity index (χ0n) is 19.7. The molecule has 0 unspecified atom stereocenters. The Morgan fingerprint density at radius 2 is 1.46 bits per heavy atom. The highest BCUT2D eigenvalue weighted by molar-refractivity contribution is 7.20.